The Bertz CT molecular complexity index is 647. The van der Waals surface area contributed by atoms with Gasteiger partial charge in [0.05, 0.1) is 0 Å². The van der Waals surface area contributed by atoms with Gasteiger partial charge < -0.3 is 9.80 Å². The molecule has 2 aliphatic rings. The quantitative estimate of drug-likeness (QED) is 0.815. The van der Waals surface area contributed by atoms with Gasteiger partial charge in [-0.05, 0) is 57.4 Å². The zero-order valence-corrected chi connectivity index (χ0v) is 16.6. The molecule has 1 saturated heterocycles. The number of rotatable bonds is 4. The third kappa shape index (κ3) is 3.65. The molecule has 3 rings (SSSR count). The number of nitrogens with zero attached hydrogens (tertiary/aromatic N) is 2. The highest BCUT2D eigenvalue weighted by atomic mass is 16.2. The number of carbonyl (C=O) groups excluding carboxylic acids is 2. The molecule has 1 aliphatic heterocycles. The van der Waals surface area contributed by atoms with Gasteiger partial charge in [-0.25, -0.2) is 0 Å². The zero-order chi connectivity index (χ0) is 18.8. The van der Waals surface area contributed by atoms with Gasteiger partial charge in [0.2, 0.25) is 5.91 Å². The van der Waals surface area contributed by atoms with E-state index in [-0.39, 0.29) is 30.4 Å². The average Bonchev–Trinajstić information content (AvgIpc) is 2.64. The Kier molecular flexibility index (Phi) is 5.69. The molecule has 2 fully saturated rings. The van der Waals surface area contributed by atoms with Crippen LogP contribution in [0.2, 0.25) is 0 Å². The number of benzene rings is 1. The van der Waals surface area contributed by atoms with Crippen molar-refractivity contribution in [3.63, 3.8) is 0 Å². The molecule has 26 heavy (non-hydrogen) atoms. The van der Waals surface area contributed by atoms with Crippen LogP contribution in [0.3, 0.4) is 0 Å². The van der Waals surface area contributed by atoms with Crippen LogP contribution in [-0.4, -0.2) is 40.2 Å². The molecule has 0 radical (unpaired) electrons. The van der Waals surface area contributed by atoms with E-state index in [9.17, 15) is 9.59 Å². The maximum absolute atomic E-state index is 13.5. The maximum Gasteiger partial charge on any atom is 0.250 e. The van der Waals surface area contributed by atoms with Crippen molar-refractivity contribution in [2.45, 2.75) is 77.9 Å². The minimum atomic E-state index is -0.480. The predicted octanol–water partition coefficient (Wildman–Crippen LogP) is 4.08. The first-order valence-corrected chi connectivity index (χ1v) is 10.1. The Morgan fingerprint density at radius 3 is 2.27 bits per heavy atom. The Morgan fingerprint density at radius 2 is 1.69 bits per heavy atom. The number of hydrogen-bond acceptors (Lipinski definition) is 2. The molecule has 0 bridgehead atoms. The molecule has 1 saturated carbocycles. The van der Waals surface area contributed by atoms with E-state index in [1.54, 1.807) is 0 Å². The molecule has 4 nitrogen and oxygen atoms in total. The maximum atomic E-state index is 13.5. The molecule has 142 valence electrons. The Hall–Kier alpha value is -1.84. The van der Waals surface area contributed by atoms with Gasteiger partial charge in [0, 0.05) is 12.1 Å². The van der Waals surface area contributed by atoms with Crippen LogP contribution < -0.4 is 0 Å². The molecule has 2 amide bonds. The minimum absolute atomic E-state index is 0.0614. The topological polar surface area (TPSA) is 40.6 Å². The van der Waals surface area contributed by atoms with Gasteiger partial charge in [-0.15, -0.1) is 0 Å². The van der Waals surface area contributed by atoms with E-state index in [2.05, 4.69) is 13.8 Å². The molecule has 0 N–H and O–H groups in total. The third-order valence-electron chi connectivity index (χ3n) is 6.27. The first-order valence-electron chi connectivity index (χ1n) is 10.1. The summed E-state index contributed by atoms with van der Waals surface area (Å²) in [7, 11) is 0. The fourth-order valence-electron chi connectivity index (χ4n) is 4.34. The highest BCUT2D eigenvalue weighted by Gasteiger charge is 2.44. The molecule has 0 unspecified atom stereocenters. The Labute approximate surface area is 157 Å². The van der Waals surface area contributed by atoms with Gasteiger partial charge in [0.1, 0.15) is 12.6 Å². The number of amides is 2. The summed E-state index contributed by atoms with van der Waals surface area (Å²) in [6.07, 6.45) is 5.18. The standard InChI is InChI=1S/C22H32N2O2/c1-5-17(4)24-20(25)14-23(19-12-8-16(3)9-13-19)22(26)21(24)18-10-6-15(2)7-11-18/h6-7,10-11,16-17,19,21H,5,8-9,12-14H2,1-4H3/t16?,17-,19?,21-/m1/s1. The predicted molar refractivity (Wildman–Crippen MR) is 104 cm³/mol. The molecular weight excluding hydrogens is 324 g/mol. The molecule has 0 spiro atoms. The van der Waals surface area contributed by atoms with Crippen LogP contribution in [0.15, 0.2) is 24.3 Å². The number of aryl methyl sites for hydroxylation is 1. The summed E-state index contributed by atoms with van der Waals surface area (Å²) >= 11 is 0. The van der Waals surface area contributed by atoms with Crippen LogP contribution >= 0.6 is 0 Å². The first-order chi connectivity index (χ1) is 12.4. The molecule has 1 aliphatic carbocycles. The van der Waals surface area contributed by atoms with Crippen LogP contribution in [0.1, 0.15) is 70.0 Å². The highest BCUT2D eigenvalue weighted by molar-refractivity contribution is 5.96. The largest absolute Gasteiger partial charge is 0.328 e. The first kappa shape index (κ1) is 18.9. The van der Waals surface area contributed by atoms with Crippen LogP contribution in [0.4, 0.5) is 0 Å². The van der Waals surface area contributed by atoms with E-state index in [0.717, 1.165) is 49.1 Å². The lowest BCUT2D eigenvalue weighted by Gasteiger charge is -2.47. The lowest BCUT2D eigenvalue weighted by molar-refractivity contribution is -0.161. The summed E-state index contributed by atoms with van der Waals surface area (Å²) < 4.78 is 0. The van der Waals surface area contributed by atoms with E-state index in [1.165, 1.54) is 0 Å². The van der Waals surface area contributed by atoms with Gasteiger partial charge in [-0.2, -0.15) is 0 Å². The highest BCUT2D eigenvalue weighted by Crippen LogP contribution is 2.35. The van der Waals surface area contributed by atoms with E-state index < -0.39 is 6.04 Å². The minimum Gasteiger partial charge on any atom is -0.328 e. The van der Waals surface area contributed by atoms with Crippen LogP contribution in [0, 0.1) is 12.8 Å². The normalized spacial score (nSPS) is 28.4. The molecule has 1 heterocycles. The van der Waals surface area contributed by atoms with Crippen molar-refractivity contribution >= 4 is 11.8 Å². The summed E-state index contributed by atoms with van der Waals surface area (Å²) in [5, 5.41) is 0. The van der Waals surface area contributed by atoms with Gasteiger partial charge >= 0.3 is 0 Å². The second kappa shape index (κ2) is 7.81. The van der Waals surface area contributed by atoms with E-state index in [4.69, 9.17) is 0 Å². The summed E-state index contributed by atoms with van der Waals surface area (Å²) in [6.45, 7) is 8.68. The molecule has 0 aromatic heterocycles. The fraction of sp³-hybridized carbons (Fsp3) is 0.636. The summed E-state index contributed by atoms with van der Waals surface area (Å²) in [6, 6.07) is 7.87. The molecule has 1 aromatic rings. The number of carbonyl (C=O) groups is 2. The van der Waals surface area contributed by atoms with Gasteiger partial charge in [-0.1, -0.05) is 43.7 Å². The average molecular weight is 357 g/mol. The monoisotopic (exact) mass is 356 g/mol. The van der Waals surface area contributed by atoms with E-state index >= 15 is 0 Å². The Morgan fingerprint density at radius 1 is 1.08 bits per heavy atom. The van der Waals surface area contributed by atoms with Crippen molar-refractivity contribution < 1.29 is 9.59 Å². The third-order valence-corrected chi connectivity index (χ3v) is 6.27. The van der Waals surface area contributed by atoms with Crippen molar-refractivity contribution in [1.82, 2.24) is 9.80 Å². The molecular formula is C22H32N2O2. The molecule has 2 atom stereocenters. The van der Waals surface area contributed by atoms with Crippen molar-refractivity contribution in [2.24, 2.45) is 5.92 Å². The van der Waals surface area contributed by atoms with Gasteiger partial charge in [0.25, 0.3) is 5.91 Å². The lowest BCUT2D eigenvalue weighted by atomic mass is 9.85. The van der Waals surface area contributed by atoms with Crippen molar-refractivity contribution in [3.05, 3.63) is 35.4 Å². The zero-order valence-electron chi connectivity index (χ0n) is 16.6. The van der Waals surface area contributed by atoms with Crippen LogP contribution in [-0.2, 0) is 9.59 Å². The van der Waals surface area contributed by atoms with E-state index in [1.807, 2.05) is 47.9 Å². The SMILES string of the molecule is CC[C@@H](C)N1C(=O)CN(C2CCC(C)CC2)C(=O)[C@H]1c1ccc(C)cc1. The lowest BCUT2D eigenvalue weighted by Crippen LogP contribution is -2.60. The van der Waals surface area contributed by atoms with Crippen LogP contribution in [0.5, 0.6) is 0 Å². The smallest absolute Gasteiger partial charge is 0.250 e. The summed E-state index contributed by atoms with van der Waals surface area (Å²) in [5.41, 5.74) is 2.10. The van der Waals surface area contributed by atoms with Crippen LogP contribution in [0.25, 0.3) is 0 Å². The second-order valence-corrected chi connectivity index (χ2v) is 8.25. The molecule has 4 heteroatoms. The number of hydrogen-bond donors (Lipinski definition) is 0. The molecule has 1 aromatic carbocycles. The van der Waals surface area contributed by atoms with Gasteiger partial charge in [0.15, 0.2) is 0 Å². The van der Waals surface area contributed by atoms with Crippen molar-refractivity contribution in [1.29, 1.82) is 0 Å². The van der Waals surface area contributed by atoms with Crippen molar-refractivity contribution in [2.75, 3.05) is 6.54 Å². The summed E-state index contributed by atoms with van der Waals surface area (Å²) in [5.74, 6) is 0.919. The van der Waals surface area contributed by atoms with Crippen molar-refractivity contribution in [3.8, 4) is 0 Å². The fourth-order valence-corrected chi connectivity index (χ4v) is 4.34. The van der Waals surface area contributed by atoms with E-state index in [0.29, 0.717) is 0 Å². The number of piperazine rings is 1. The van der Waals surface area contributed by atoms with Gasteiger partial charge in [-0.3, -0.25) is 9.59 Å². The Balaban J connectivity index is 1.92. The summed E-state index contributed by atoms with van der Waals surface area (Å²) in [4.78, 5) is 30.3. The second-order valence-electron chi connectivity index (χ2n) is 8.25.